The molecule has 0 aliphatic carbocycles. The number of nitrogens with two attached hydrogens (primary N) is 1. The molecule has 0 aliphatic heterocycles. The van der Waals surface area contributed by atoms with Crippen molar-refractivity contribution in [2.75, 3.05) is 12.8 Å². The monoisotopic (exact) mass is 304 g/mol. The molecular formula is C16H17ClN2O2. The summed E-state index contributed by atoms with van der Waals surface area (Å²) in [4.78, 5) is 14.0. The summed E-state index contributed by atoms with van der Waals surface area (Å²) in [5.74, 6) is -0.404. The molecule has 110 valence electrons. The molecule has 0 saturated heterocycles. The molecule has 21 heavy (non-hydrogen) atoms. The van der Waals surface area contributed by atoms with Gasteiger partial charge in [0.2, 0.25) is 0 Å². The Bertz CT molecular complexity index is 673. The number of rotatable bonds is 3. The minimum atomic E-state index is -0.279. The standard InChI is InChI=1S/C16H17ClN2O2/c1-10(11-4-3-5-13(18)8-11)19(2)16(21)14-7-6-12(17)9-15(14)20/h3-10,20H,18H2,1-2H3. The minimum Gasteiger partial charge on any atom is -0.507 e. The van der Waals surface area contributed by atoms with Gasteiger partial charge >= 0.3 is 0 Å². The number of phenols is 1. The lowest BCUT2D eigenvalue weighted by atomic mass is 10.1. The summed E-state index contributed by atoms with van der Waals surface area (Å²) >= 11 is 5.78. The number of halogens is 1. The van der Waals surface area contributed by atoms with Gasteiger partial charge in [-0.3, -0.25) is 4.79 Å². The fourth-order valence-electron chi connectivity index (χ4n) is 2.09. The minimum absolute atomic E-state index is 0.126. The first kappa shape index (κ1) is 15.2. The SMILES string of the molecule is CC(c1cccc(N)c1)N(C)C(=O)c1ccc(Cl)cc1O. The van der Waals surface area contributed by atoms with Crippen molar-refractivity contribution >= 4 is 23.2 Å². The lowest BCUT2D eigenvalue weighted by molar-refractivity contribution is 0.0739. The number of carbonyl (C=O) groups excluding carboxylic acids is 1. The van der Waals surface area contributed by atoms with Crippen molar-refractivity contribution < 1.29 is 9.90 Å². The maximum absolute atomic E-state index is 12.5. The van der Waals surface area contributed by atoms with Crippen LogP contribution in [-0.2, 0) is 0 Å². The maximum atomic E-state index is 12.5. The van der Waals surface area contributed by atoms with E-state index in [9.17, 15) is 9.90 Å². The highest BCUT2D eigenvalue weighted by molar-refractivity contribution is 6.30. The molecule has 2 aromatic carbocycles. The average Bonchev–Trinajstić information content (AvgIpc) is 2.45. The van der Waals surface area contributed by atoms with E-state index in [1.165, 1.54) is 12.1 Å². The summed E-state index contributed by atoms with van der Waals surface area (Å²) in [7, 11) is 1.68. The van der Waals surface area contributed by atoms with E-state index in [2.05, 4.69) is 0 Å². The second-order valence-corrected chi connectivity index (χ2v) is 5.36. The number of nitrogen functional groups attached to an aromatic ring is 1. The van der Waals surface area contributed by atoms with Gasteiger partial charge in [0.15, 0.2) is 0 Å². The molecule has 4 nitrogen and oxygen atoms in total. The lowest BCUT2D eigenvalue weighted by Gasteiger charge is -2.26. The van der Waals surface area contributed by atoms with Crippen LogP contribution in [0.5, 0.6) is 5.75 Å². The van der Waals surface area contributed by atoms with Crippen LogP contribution < -0.4 is 5.73 Å². The summed E-state index contributed by atoms with van der Waals surface area (Å²) in [5, 5.41) is 10.2. The van der Waals surface area contributed by atoms with E-state index < -0.39 is 0 Å². The summed E-state index contributed by atoms with van der Waals surface area (Å²) < 4.78 is 0. The predicted octanol–water partition coefficient (Wildman–Crippen LogP) is 3.46. The van der Waals surface area contributed by atoms with Crippen LogP contribution in [0.4, 0.5) is 5.69 Å². The number of nitrogens with zero attached hydrogens (tertiary/aromatic N) is 1. The van der Waals surface area contributed by atoms with Crippen molar-refractivity contribution in [1.82, 2.24) is 4.90 Å². The van der Waals surface area contributed by atoms with E-state index in [-0.39, 0.29) is 23.3 Å². The summed E-state index contributed by atoms with van der Waals surface area (Å²) in [6.07, 6.45) is 0. The molecule has 0 radical (unpaired) electrons. The van der Waals surface area contributed by atoms with Crippen LogP contribution in [0.15, 0.2) is 42.5 Å². The maximum Gasteiger partial charge on any atom is 0.257 e. The highest BCUT2D eigenvalue weighted by Gasteiger charge is 2.21. The van der Waals surface area contributed by atoms with Crippen molar-refractivity contribution in [3.8, 4) is 5.75 Å². The van der Waals surface area contributed by atoms with Gasteiger partial charge in [-0.15, -0.1) is 0 Å². The number of carbonyl (C=O) groups is 1. The quantitative estimate of drug-likeness (QED) is 0.853. The predicted molar refractivity (Wildman–Crippen MR) is 84.5 cm³/mol. The van der Waals surface area contributed by atoms with Crippen LogP contribution >= 0.6 is 11.6 Å². The Balaban J connectivity index is 2.26. The second-order valence-electron chi connectivity index (χ2n) is 4.92. The number of aromatic hydroxyl groups is 1. The Kier molecular flexibility index (Phi) is 4.38. The number of phenolic OH excluding ortho intramolecular Hbond substituents is 1. The molecule has 5 heteroatoms. The Morgan fingerprint density at radius 2 is 2.00 bits per heavy atom. The molecular weight excluding hydrogens is 288 g/mol. The van der Waals surface area contributed by atoms with Crippen molar-refractivity contribution in [1.29, 1.82) is 0 Å². The van der Waals surface area contributed by atoms with Gasteiger partial charge in [0.25, 0.3) is 5.91 Å². The molecule has 3 N–H and O–H groups in total. The third kappa shape index (κ3) is 3.28. The van der Waals surface area contributed by atoms with Gasteiger partial charge in [-0.25, -0.2) is 0 Å². The highest BCUT2D eigenvalue weighted by Crippen LogP contribution is 2.27. The molecule has 0 saturated carbocycles. The molecule has 0 fully saturated rings. The van der Waals surface area contributed by atoms with Gasteiger partial charge in [0.05, 0.1) is 11.6 Å². The fraction of sp³-hybridized carbons (Fsp3) is 0.188. The number of benzene rings is 2. The first-order valence-electron chi connectivity index (χ1n) is 6.51. The second kappa shape index (κ2) is 6.06. The van der Waals surface area contributed by atoms with Gasteiger partial charge < -0.3 is 15.7 Å². The average molecular weight is 305 g/mol. The van der Waals surface area contributed by atoms with Gasteiger partial charge in [-0.05, 0) is 42.8 Å². The largest absolute Gasteiger partial charge is 0.507 e. The van der Waals surface area contributed by atoms with E-state index in [1.807, 2.05) is 25.1 Å². The van der Waals surface area contributed by atoms with Gasteiger partial charge in [0.1, 0.15) is 5.75 Å². The molecule has 0 heterocycles. The van der Waals surface area contributed by atoms with E-state index >= 15 is 0 Å². The summed E-state index contributed by atoms with van der Waals surface area (Å²) in [5.41, 5.74) is 7.56. The van der Waals surface area contributed by atoms with Crippen molar-refractivity contribution in [3.63, 3.8) is 0 Å². The molecule has 1 atom stereocenters. The normalized spacial score (nSPS) is 12.0. The van der Waals surface area contributed by atoms with E-state index in [0.717, 1.165) is 5.56 Å². The zero-order valence-electron chi connectivity index (χ0n) is 11.9. The van der Waals surface area contributed by atoms with Crippen molar-refractivity contribution in [3.05, 3.63) is 58.6 Å². The highest BCUT2D eigenvalue weighted by atomic mass is 35.5. The smallest absolute Gasteiger partial charge is 0.257 e. The fourth-order valence-corrected chi connectivity index (χ4v) is 2.26. The Morgan fingerprint density at radius 1 is 1.29 bits per heavy atom. The number of hydrogen-bond donors (Lipinski definition) is 2. The summed E-state index contributed by atoms with van der Waals surface area (Å²) in [6, 6.07) is 11.7. The van der Waals surface area contributed by atoms with E-state index in [1.54, 1.807) is 24.1 Å². The molecule has 0 bridgehead atoms. The van der Waals surface area contributed by atoms with Gasteiger partial charge in [0, 0.05) is 17.8 Å². The number of amides is 1. The van der Waals surface area contributed by atoms with Crippen LogP contribution in [0.3, 0.4) is 0 Å². The molecule has 0 spiro atoms. The van der Waals surface area contributed by atoms with E-state index in [0.29, 0.717) is 10.7 Å². The van der Waals surface area contributed by atoms with Crippen molar-refractivity contribution in [2.24, 2.45) is 0 Å². The third-order valence-corrected chi connectivity index (χ3v) is 3.72. The molecule has 1 amide bonds. The molecule has 0 aromatic heterocycles. The first-order chi connectivity index (χ1) is 9.90. The van der Waals surface area contributed by atoms with Crippen LogP contribution in [0.1, 0.15) is 28.9 Å². The molecule has 0 aliphatic rings. The molecule has 2 aromatic rings. The van der Waals surface area contributed by atoms with E-state index in [4.69, 9.17) is 17.3 Å². The Labute approximate surface area is 128 Å². The Morgan fingerprint density at radius 3 is 2.62 bits per heavy atom. The number of anilines is 1. The number of hydrogen-bond acceptors (Lipinski definition) is 3. The first-order valence-corrected chi connectivity index (χ1v) is 6.89. The van der Waals surface area contributed by atoms with Crippen LogP contribution in [0, 0.1) is 0 Å². The van der Waals surface area contributed by atoms with Gasteiger partial charge in [-0.2, -0.15) is 0 Å². The third-order valence-electron chi connectivity index (χ3n) is 3.48. The molecule has 2 rings (SSSR count). The van der Waals surface area contributed by atoms with Crippen LogP contribution in [-0.4, -0.2) is 23.0 Å². The summed E-state index contributed by atoms with van der Waals surface area (Å²) in [6.45, 7) is 1.90. The van der Waals surface area contributed by atoms with Crippen LogP contribution in [0.25, 0.3) is 0 Å². The van der Waals surface area contributed by atoms with Gasteiger partial charge in [-0.1, -0.05) is 23.7 Å². The molecule has 1 unspecified atom stereocenters. The lowest BCUT2D eigenvalue weighted by Crippen LogP contribution is -2.29. The van der Waals surface area contributed by atoms with Crippen molar-refractivity contribution in [2.45, 2.75) is 13.0 Å². The zero-order valence-corrected chi connectivity index (χ0v) is 12.6. The van der Waals surface area contributed by atoms with Crippen LogP contribution in [0.2, 0.25) is 5.02 Å². The zero-order chi connectivity index (χ0) is 15.6. The topological polar surface area (TPSA) is 66.6 Å². The Hall–Kier alpha value is -2.20.